The van der Waals surface area contributed by atoms with Crippen molar-refractivity contribution < 1.29 is 14.6 Å². The number of ether oxygens (including phenoxy) is 1. The van der Waals surface area contributed by atoms with E-state index < -0.39 is 6.10 Å². The molecule has 0 aliphatic heterocycles. The van der Waals surface area contributed by atoms with E-state index in [1.807, 2.05) is 48.5 Å². The van der Waals surface area contributed by atoms with Crippen molar-refractivity contribution in [3.63, 3.8) is 0 Å². The second-order valence-corrected chi connectivity index (χ2v) is 6.97. The Hall–Kier alpha value is -2.33. The first-order valence-electron chi connectivity index (χ1n) is 9.18. The number of carbonyl (C=O) groups is 1. The van der Waals surface area contributed by atoms with Crippen LogP contribution in [0.2, 0.25) is 0 Å². The van der Waals surface area contributed by atoms with Crippen LogP contribution < -0.4 is 10.1 Å². The number of amides is 1. The summed E-state index contributed by atoms with van der Waals surface area (Å²) in [5.74, 6) is 0.914. The number of nitrogens with one attached hydrogen (secondary N) is 1. The van der Waals surface area contributed by atoms with Crippen LogP contribution in [0.1, 0.15) is 37.8 Å². The van der Waals surface area contributed by atoms with Crippen molar-refractivity contribution in [1.82, 2.24) is 5.32 Å². The number of carbonyl (C=O) groups excluding carboxylic acids is 1. The van der Waals surface area contributed by atoms with Crippen molar-refractivity contribution in [3.05, 3.63) is 65.7 Å². The lowest BCUT2D eigenvalue weighted by atomic mass is 10.00. The van der Waals surface area contributed by atoms with Gasteiger partial charge in [0.05, 0.1) is 0 Å². The molecule has 0 bridgehead atoms. The van der Waals surface area contributed by atoms with Gasteiger partial charge in [-0.15, -0.1) is 0 Å². The second kappa shape index (κ2) is 9.97. The number of hydrogen-bond acceptors (Lipinski definition) is 3. The summed E-state index contributed by atoms with van der Waals surface area (Å²) in [5.41, 5.74) is 2.33. The topological polar surface area (TPSA) is 58.6 Å². The molecular weight excluding hydrogens is 326 g/mol. The fraction of sp³-hybridized carbons (Fsp3) is 0.409. The van der Waals surface area contributed by atoms with Crippen LogP contribution in [0.5, 0.6) is 5.75 Å². The molecule has 140 valence electrons. The highest BCUT2D eigenvalue weighted by Crippen LogP contribution is 2.21. The molecule has 2 atom stereocenters. The first-order valence-corrected chi connectivity index (χ1v) is 9.18. The maximum atomic E-state index is 12.3. The maximum Gasteiger partial charge on any atom is 0.260 e. The number of rotatable bonds is 9. The summed E-state index contributed by atoms with van der Waals surface area (Å²) in [7, 11) is 0. The summed E-state index contributed by atoms with van der Waals surface area (Å²) in [5, 5.41) is 12.5. The van der Waals surface area contributed by atoms with Crippen LogP contribution in [0.4, 0.5) is 0 Å². The molecule has 0 unspecified atom stereocenters. The molecule has 2 aromatic carbocycles. The van der Waals surface area contributed by atoms with E-state index in [4.69, 9.17) is 4.74 Å². The summed E-state index contributed by atoms with van der Waals surface area (Å²) >= 11 is 0. The molecule has 4 nitrogen and oxygen atoms in total. The van der Waals surface area contributed by atoms with Gasteiger partial charge in [-0.3, -0.25) is 4.79 Å². The lowest BCUT2D eigenvalue weighted by Gasteiger charge is -2.19. The average molecular weight is 355 g/mol. The van der Waals surface area contributed by atoms with Gasteiger partial charge in [0.25, 0.3) is 5.91 Å². The van der Waals surface area contributed by atoms with Gasteiger partial charge in [-0.05, 0) is 42.5 Å². The highest BCUT2D eigenvalue weighted by Gasteiger charge is 2.17. The lowest BCUT2D eigenvalue weighted by molar-refractivity contribution is -0.127. The summed E-state index contributed by atoms with van der Waals surface area (Å²) in [6.45, 7) is 6.43. The van der Waals surface area contributed by atoms with E-state index in [0.717, 1.165) is 12.0 Å². The Morgan fingerprint density at radius 3 is 2.46 bits per heavy atom. The highest BCUT2D eigenvalue weighted by atomic mass is 16.5. The third-order valence-electron chi connectivity index (χ3n) is 4.40. The SMILES string of the molecule is CC(C)c1cccc(O[C@@H](C)C(=O)NC[C@H](CO)Cc2ccccc2)c1. The van der Waals surface area contributed by atoms with Crippen LogP contribution in [-0.4, -0.2) is 30.3 Å². The molecule has 0 heterocycles. The average Bonchev–Trinajstić information content (AvgIpc) is 2.65. The Balaban J connectivity index is 1.85. The summed E-state index contributed by atoms with van der Waals surface area (Å²) in [4.78, 5) is 12.3. The summed E-state index contributed by atoms with van der Waals surface area (Å²) in [6, 6.07) is 17.8. The van der Waals surface area contributed by atoms with Crippen LogP contribution in [-0.2, 0) is 11.2 Å². The zero-order valence-electron chi connectivity index (χ0n) is 15.8. The van der Waals surface area contributed by atoms with Crippen LogP contribution in [0, 0.1) is 5.92 Å². The molecule has 0 aliphatic carbocycles. The molecule has 0 saturated heterocycles. The van der Waals surface area contributed by atoms with E-state index in [2.05, 4.69) is 25.2 Å². The van der Waals surface area contributed by atoms with Crippen molar-refractivity contribution in [2.75, 3.05) is 13.2 Å². The molecule has 2 N–H and O–H groups in total. The van der Waals surface area contributed by atoms with Gasteiger partial charge in [0, 0.05) is 19.1 Å². The highest BCUT2D eigenvalue weighted by molar-refractivity contribution is 5.80. The quantitative estimate of drug-likeness (QED) is 0.723. The molecule has 0 spiro atoms. The van der Waals surface area contributed by atoms with E-state index in [0.29, 0.717) is 18.2 Å². The fourth-order valence-corrected chi connectivity index (χ4v) is 2.74. The molecule has 1 amide bonds. The molecule has 0 aromatic heterocycles. The maximum absolute atomic E-state index is 12.3. The number of aliphatic hydroxyl groups is 1. The number of aliphatic hydroxyl groups excluding tert-OH is 1. The minimum atomic E-state index is -0.589. The van der Waals surface area contributed by atoms with Gasteiger partial charge < -0.3 is 15.2 Å². The van der Waals surface area contributed by atoms with Crippen molar-refractivity contribution in [2.45, 2.75) is 39.2 Å². The molecule has 0 aliphatic rings. The molecule has 0 saturated carbocycles. The Morgan fingerprint density at radius 2 is 1.81 bits per heavy atom. The van der Waals surface area contributed by atoms with E-state index in [1.165, 1.54) is 5.56 Å². The fourth-order valence-electron chi connectivity index (χ4n) is 2.74. The Labute approximate surface area is 156 Å². The van der Waals surface area contributed by atoms with Crippen LogP contribution in [0.15, 0.2) is 54.6 Å². The predicted molar refractivity (Wildman–Crippen MR) is 104 cm³/mol. The standard InChI is InChI=1S/C22H29NO3/c1-16(2)20-10-7-11-21(13-20)26-17(3)22(25)23-14-19(15-24)12-18-8-5-4-6-9-18/h4-11,13,16-17,19,24H,12,14-15H2,1-3H3,(H,23,25)/t17-,19+/m0/s1. The van der Waals surface area contributed by atoms with Crippen molar-refractivity contribution in [1.29, 1.82) is 0 Å². The zero-order chi connectivity index (χ0) is 18.9. The van der Waals surface area contributed by atoms with Crippen LogP contribution >= 0.6 is 0 Å². The van der Waals surface area contributed by atoms with Gasteiger partial charge in [0.1, 0.15) is 5.75 Å². The Kier molecular flexibility index (Phi) is 7.67. The van der Waals surface area contributed by atoms with Gasteiger partial charge in [0.15, 0.2) is 6.10 Å². The van der Waals surface area contributed by atoms with Crippen LogP contribution in [0.3, 0.4) is 0 Å². The molecule has 26 heavy (non-hydrogen) atoms. The van der Waals surface area contributed by atoms with E-state index >= 15 is 0 Å². The normalized spacial score (nSPS) is 13.3. The number of hydrogen-bond donors (Lipinski definition) is 2. The smallest absolute Gasteiger partial charge is 0.260 e. The monoisotopic (exact) mass is 355 g/mol. The van der Waals surface area contributed by atoms with Gasteiger partial charge in [-0.1, -0.05) is 56.3 Å². The third-order valence-corrected chi connectivity index (χ3v) is 4.40. The van der Waals surface area contributed by atoms with Crippen LogP contribution in [0.25, 0.3) is 0 Å². The Morgan fingerprint density at radius 1 is 1.08 bits per heavy atom. The van der Waals surface area contributed by atoms with Crippen molar-refractivity contribution in [3.8, 4) is 5.75 Å². The summed E-state index contributed by atoms with van der Waals surface area (Å²) < 4.78 is 5.78. The molecule has 4 heteroatoms. The first kappa shape index (κ1) is 20.0. The minimum absolute atomic E-state index is 0.0159. The van der Waals surface area contributed by atoms with Gasteiger partial charge in [-0.25, -0.2) is 0 Å². The zero-order valence-corrected chi connectivity index (χ0v) is 15.8. The third kappa shape index (κ3) is 6.19. The summed E-state index contributed by atoms with van der Waals surface area (Å²) in [6.07, 6.45) is 0.136. The minimum Gasteiger partial charge on any atom is -0.481 e. The second-order valence-electron chi connectivity index (χ2n) is 6.97. The van der Waals surface area contributed by atoms with Gasteiger partial charge in [0.2, 0.25) is 0 Å². The molecular formula is C22H29NO3. The van der Waals surface area contributed by atoms with Gasteiger partial charge in [-0.2, -0.15) is 0 Å². The largest absolute Gasteiger partial charge is 0.481 e. The molecule has 0 fully saturated rings. The van der Waals surface area contributed by atoms with E-state index in [9.17, 15) is 9.90 Å². The first-order chi connectivity index (χ1) is 12.5. The lowest BCUT2D eigenvalue weighted by Crippen LogP contribution is -2.40. The van der Waals surface area contributed by atoms with E-state index in [-0.39, 0.29) is 18.4 Å². The van der Waals surface area contributed by atoms with Gasteiger partial charge >= 0.3 is 0 Å². The number of benzene rings is 2. The molecule has 2 rings (SSSR count). The predicted octanol–water partition coefficient (Wildman–Crippen LogP) is 3.54. The van der Waals surface area contributed by atoms with Crippen molar-refractivity contribution in [2.24, 2.45) is 5.92 Å². The van der Waals surface area contributed by atoms with E-state index in [1.54, 1.807) is 6.92 Å². The van der Waals surface area contributed by atoms with Crippen molar-refractivity contribution >= 4 is 5.91 Å². The molecule has 0 radical (unpaired) electrons. The Bertz CT molecular complexity index is 685. The molecule has 2 aromatic rings.